The molecule has 0 spiro atoms. The summed E-state index contributed by atoms with van der Waals surface area (Å²) in [6.07, 6.45) is 12.7. The molecule has 0 aromatic heterocycles. The average molecular weight is 692 g/mol. The van der Waals surface area contributed by atoms with E-state index in [9.17, 15) is 24.9 Å². The van der Waals surface area contributed by atoms with Crippen LogP contribution < -0.4 is 5.32 Å². The Morgan fingerprint density at radius 1 is 0.939 bits per heavy atom. The van der Waals surface area contributed by atoms with Crippen LogP contribution in [0.5, 0.6) is 0 Å². The molecule has 0 bridgehead atoms. The van der Waals surface area contributed by atoms with Crippen LogP contribution in [0, 0.1) is 56.7 Å². The lowest BCUT2D eigenvalue weighted by atomic mass is 9.32. The molecule has 5 aliphatic carbocycles. The number of aliphatic hydroxyl groups excluding tert-OH is 1. The summed E-state index contributed by atoms with van der Waals surface area (Å²) in [5.41, 5.74) is 4.05. The molecule has 1 aromatic carbocycles. The number of hydrogen-bond acceptors (Lipinski definition) is 5. The van der Waals surface area contributed by atoms with Crippen LogP contribution in [0.4, 0.5) is 0 Å². The molecule has 4 N–H and O–H groups in total. The first-order valence-corrected chi connectivity index (χ1v) is 20.2. The highest BCUT2D eigenvalue weighted by molar-refractivity contribution is 7.98. The minimum Gasteiger partial charge on any atom is -0.480 e. The zero-order chi connectivity index (χ0) is 35.7. The van der Waals surface area contributed by atoms with Crippen molar-refractivity contribution in [3.05, 3.63) is 53.6 Å². The highest BCUT2D eigenvalue weighted by Gasteiger charge is 2.71. The molecule has 270 valence electrons. The topological polar surface area (TPSA) is 107 Å². The van der Waals surface area contributed by atoms with Gasteiger partial charge in [0.05, 0.1) is 5.41 Å². The zero-order valence-corrected chi connectivity index (χ0v) is 31.8. The number of carboxylic acids is 1. The monoisotopic (exact) mass is 691 g/mol. The van der Waals surface area contributed by atoms with Gasteiger partial charge in [-0.15, -0.1) is 0 Å². The summed E-state index contributed by atoms with van der Waals surface area (Å²) in [5.74, 6) is 1.72. The fourth-order valence-corrected chi connectivity index (χ4v) is 13.7. The summed E-state index contributed by atoms with van der Waals surface area (Å²) in [5, 5.41) is 32.4. The number of hydrogen-bond donors (Lipinski definition) is 4. The van der Waals surface area contributed by atoms with Crippen LogP contribution in [0.25, 0.3) is 5.57 Å². The van der Waals surface area contributed by atoms with Crippen LogP contribution in [0.1, 0.15) is 123 Å². The van der Waals surface area contributed by atoms with Gasteiger partial charge in [-0.2, -0.15) is 11.8 Å². The van der Waals surface area contributed by atoms with Crippen LogP contribution in [0.2, 0.25) is 0 Å². The van der Waals surface area contributed by atoms with Crippen LogP contribution in [0.15, 0.2) is 42.5 Å². The molecule has 6 nitrogen and oxygen atoms in total. The number of amides is 1. The molecular formula is C42H61NO5S. The number of aliphatic hydroxyl groups is 2. The van der Waals surface area contributed by atoms with E-state index in [0.29, 0.717) is 35.5 Å². The molecular weight excluding hydrogens is 631 g/mol. The van der Waals surface area contributed by atoms with Crippen LogP contribution in [0.3, 0.4) is 0 Å². The molecule has 0 aliphatic heterocycles. The van der Waals surface area contributed by atoms with Crippen molar-refractivity contribution in [3.8, 4) is 0 Å². The van der Waals surface area contributed by atoms with Crippen LogP contribution >= 0.6 is 11.8 Å². The van der Waals surface area contributed by atoms with Gasteiger partial charge in [0.25, 0.3) is 0 Å². The van der Waals surface area contributed by atoms with E-state index in [1.165, 1.54) is 29.6 Å². The second-order valence-corrected chi connectivity index (χ2v) is 19.0. The zero-order valence-electron chi connectivity index (χ0n) is 31.0. The summed E-state index contributed by atoms with van der Waals surface area (Å²) in [7, 11) is 0. The van der Waals surface area contributed by atoms with E-state index in [2.05, 4.69) is 71.6 Å². The molecule has 0 saturated heterocycles. The highest BCUT2D eigenvalue weighted by atomic mass is 32.2. The number of carbonyl (C=O) groups excluding carboxylic acids is 1. The van der Waals surface area contributed by atoms with Crippen molar-refractivity contribution in [3.63, 3.8) is 0 Å². The predicted octanol–water partition coefficient (Wildman–Crippen LogP) is 8.64. The molecule has 10 atom stereocenters. The lowest BCUT2D eigenvalue weighted by molar-refractivity contribution is -0.225. The quantitative estimate of drug-likeness (QED) is 0.153. The molecule has 49 heavy (non-hydrogen) atoms. The normalized spacial score (nSPS) is 39.9. The molecule has 0 heterocycles. The number of carboxylic acid groups (broad SMARTS) is 1. The molecule has 7 heteroatoms. The van der Waals surface area contributed by atoms with Gasteiger partial charge in [0.15, 0.2) is 6.29 Å². The lowest BCUT2D eigenvalue weighted by Gasteiger charge is -2.72. The number of nitrogens with one attached hydrogen (secondary N) is 1. The van der Waals surface area contributed by atoms with E-state index in [1.54, 1.807) is 11.8 Å². The fraction of sp³-hybridized carbons (Fsp3) is 0.714. The largest absolute Gasteiger partial charge is 0.480 e. The molecule has 4 saturated carbocycles. The standard InChI is InChI=1S/C42H61NO5S/c1-25(2)28-15-21-42(37(48)43-31(36(46)47)18-24-49-8)23-22-40(6)30(34(28)42)13-14-33-39(5)19-16-29(26-9-11-27(12-10-26)35(44)45)38(3,4)32(39)17-20-41(33,40)7/h9-12,16,28,30-35,44-45H,1,13-15,17-24H2,2-8H3,(H,43,48)(H,46,47)/t28-,30+,31-,32-,33+,34+,39-,40+,41+,42-/m0/s1. The van der Waals surface area contributed by atoms with Crippen molar-refractivity contribution in [2.24, 2.45) is 56.7 Å². The van der Waals surface area contributed by atoms with Gasteiger partial charge >= 0.3 is 5.97 Å². The first-order chi connectivity index (χ1) is 23.0. The highest BCUT2D eigenvalue weighted by Crippen LogP contribution is 2.77. The van der Waals surface area contributed by atoms with Gasteiger partial charge in [-0.1, -0.05) is 77.1 Å². The Bertz CT molecular complexity index is 1500. The van der Waals surface area contributed by atoms with Gasteiger partial charge < -0.3 is 20.6 Å². The Morgan fingerprint density at radius 3 is 2.24 bits per heavy atom. The number of benzene rings is 1. The molecule has 5 aliphatic rings. The Hall–Kier alpha value is -2.09. The molecule has 0 unspecified atom stereocenters. The third-order valence-corrected chi connectivity index (χ3v) is 16.5. The van der Waals surface area contributed by atoms with Crippen LogP contribution in [-0.4, -0.2) is 45.2 Å². The maximum atomic E-state index is 14.5. The number of allylic oxidation sites excluding steroid dienone is 3. The SMILES string of the molecule is C=C(C)[C@@H]1CC[C@]2(C(=O)N[C@@H](CCSC)C(=O)O)CC[C@]3(C)[C@H](CC[C@@H]4[C@@]5(C)CC=C(c6ccc(C(O)O)cc6)C(C)(C)[C@@H]5CC[C@]43C)[C@@H]12. The van der Waals surface area contributed by atoms with Gasteiger partial charge in [0.1, 0.15) is 6.04 Å². The van der Waals surface area contributed by atoms with E-state index in [-0.39, 0.29) is 39.4 Å². The lowest BCUT2D eigenvalue weighted by Crippen LogP contribution is -2.66. The molecule has 0 radical (unpaired) electrons. The van der Waals surface area contributed by atoms with Crippen molar-refractivity contribution in [2.75, 3.05) is 12.0 Å². The van der Waals surface area contributed by atoms with Crippen molar-refractivity contribution in [2.45, 2.75) is 118 Å². The number of fused-ring (bicyclic) bond motifs is 7. The van der Waals surface area contributed by atoms with Gasteiger partial charge in [0.2, 0.25) is 5.91 Å². The average Bonchev–Trinajstić information content (AvgIpc) is 3.44. The van der Waals surface area contributed by atoms with E-state index < -0.39 is 23.7 Å². The van der Waals surface area contributed by atoms with Crippen LogP contribution in [-0.2, 0) is 9.59 Å². The van der Waals surface area contributed by atoms with Gasteiger partial charge in [-0.05, 0) is 146 Å². The summed E-state index contributed by atoms with van der Waals surface area (Å²) in [6, 6.07) is 6.93. The minimum atomic E-state index is -1.46. The maximum absolute atomic E-state index is 14.5. The predicted molar refractivity (Wildman–Crippen MR) is 199 cm³/mol. The summed E-state index contributed by atoms with van der Waals surface area (Å²) >= 11 is 1.62. The third-order valence-electron chi connectivity index (χ3n) is 15.8. The van der Waals surface area contributed by atoms with Gasteiger partial charge in [0, 0.05) is 5.56 Å². The molecule has 1 aromatic rings. The fourth-order valence-electron chi connectivity index (χ4n) is 13.3. The first-order valence-electron chi connectivity index (χ1n) is 18.8. The Morgan fingerprint density at radius 2 is 1.63 bits per heavy atom. The van der Waals surface area contributed by atoms with Crippen molar-refractivity contribution < 1.29 is 24.9 Å². The maximum Gasteiger partial charge on any atom is 0.326 e. The Kier molecular flexibility index (Phi) is 9.62. The Labute approximate surface area is 299 Å². The van der Waals surface area contributed by atoms with E-state index in [4.69, 9.17) is 0 Å². The second kappa shape index (κ2) is 12.8. The van der Waals surface area contributed by atoms with Crippen molar-refractivity contribution in [1.29, 1.82) is 0 Å². The summed E-state index contributed by atoms with van der Waals surface area (Å²) < 4.78 is 0. The number of aliphatic carboxylic acids is 1. The molecule has 1 amide bonds. The first kappa shape index (κ1) is 36.7. The summed E-state index contributed by atoms with van der Waals surface area (Å²) in [4.78, 5) is 26.7. The van der Waals surface area contributed by atoms with Crippen molar-refractivity contribution >= 4 is 29.2 Å². The Balaban J connectivity index is 1.33. The number of carbonyl (C=O) groups is 2. The number of rotatable bonds is 9. The smallest absolute Gasteiger partial charge is 0.326 e. The molecule has 6 rings (SSSR count). The van der Waals surface area contributed by atoms with E-state index in [1.807, 2.05) is 18.4 Å². The molecule has 4 fully saturated rings. The van der Waals surface area contributed by atoms with Crippen molar-refractivity contribution in [1.82, 2.24) is 5.32 Å². The van der Waals surface area contributed by atoms with Gasteiger partial charge in [-0.25, -0.2) is 4.79 Å². The number of thioether (sulfide) groups is 1. The third kappa shape index (κ3) is 5.50. The van der Waals surface area contributed by atoms with Gasteiger partial charge in [-0.3, -0.25) is 4.79 Å². The van der Waals surface area contributed by atoms with E-state index in [0.717, 1.165) is 44.9 Å². The summed E-state index contributed by atoms with van der Waals surface area (Å²) in [6.45, 7) is 19.2. The van der Waals surface area contributed by atoms with E-state index >= 15 is 0 Å². The minimum absolute atomic E-state index is 0.0204. The second-order valence-electron chi connectivity index (χ2n) is 18.0.